The summed E-state index contributed by atoms with van der Waals surface area (Å²) in [5.74, 6) is -0.0338. The van der Waals surface area contributed by atoms with Crippen LogP contribution < -0.4 is 5.32 Å². The molecule has 0 radical (unpaired) electrons. The molecule has 5 atom stereocenters. The number of rotatable bonds is 6. The van der Waals surface area contributed by atoms with Gasteiger partial charge >= 0.3 is 6.09 Å². The highest BCUT2D eigenvalue weighted by molar-refractivity contribution is 6.18. The molecule has 2 N–H and O–H groups in total. The first-order valence-corrected chi connectivity index (χ1v) is 10.7. The van der Waals surface area contributed by atoms with E-state index < -0.39 is 18.0 Å². The summed E-state index contributed by atoms with van der Waals surface area (Å²) in [5, 5.41) is 11.7. The number of hydrogen-bond acceptors (Lipinski definition) is 7. The van der Waals surface area contributed by atoms with Crippen molar-refractivity contribution in [3.63, 3.8) is 0 Å². The van der Waals surface area contributed by atoms with Crippen molar-refractivity contribution in [2.75, 3.05) is 51.8 Å². The third kappa shape index (κ3) is 3.93. The van der Waals surface area contributed by atoms with Crippen LogP contribution in [0, 0.1) is 11.8 Å². The number of carbonyl (C=O) groups excluding carboxylic acids is 2. The molecule has 2 saturated heterocycles. The summed E-state index contributed by atoms with van der Waals surface area (Å²) >= 11 is 5.60. The van der Waals surface area contributed by atoms with E-state index in [1.54, 1.807) is 0 Å². The maximum absolute atomic E-state index is 13.2. The molecule has 2 amide bonds. The second kappa shape index (κ2) is 8.29. The number of hydrogen-bond donors (Lipinski definition) is 2. The lowest BCUT2D eigenvalue weighted by atomic mass is 9.81. The first kappa shape index (κ1) is 20.7. The molecular formula is C19H28ClN3O6. The van der Waals surface area contributed by atoms with Crippen LogP contribution >= 0.6 is 11.6 Å². The molecule has 3 fully saturated rings. The number of piperazine rings is 1. The summed E-state index contributed by atoms with van der Waals surface area (Å²) in [6.07, 6.45) is 0.845. The lowest BCUT2D eigenvalue weighted by molar-refractivity contribution is -0.146. The Morgan fingerprint density at radius 1 is 1.38 bits per heavy atom. The first-order valence-electron chi connectivity index (χ1n) is 10.1. The molecule has 1 aliphatic carbocycles. The van der Waals surface area contributed by atoms with Gasteiger partial charge in [0.05, 0.1) is 30.5 Å². The van der Waals surface area contributed by atoms with Gasteiger partial charge < -0.3 is 29.5 Å². The van der Waals surface area contributed by atoms with Crippen molar-refractivity contribution in [1.29, 1.82) is 0 Å². The van der Waals surface area contributed by atoms with Crippen LogP contribution in [0.3, 0.4) is 0 Å². The number of halogens is 1. The number of carbonyl (C=O) groups is 2. The normalized spacial score (nSPS) is 35.8. The van der Waals surface area contributed by atoms with Gasteiger partial charge in [-0.15, -0.1) is 11.6 Å². The van der Waals surface area contributed by atoms with Gasteiger partial charge in [0.25, 0.3) is 12.2 Å². The van der Waals surface area contributed by atoms with E-state index in [0.717, 1.165) is 19.5 Å². The van der Waals surface area contributed by atoms with Gasteiger partial charge in [0.1, 0.15) is 5.60 Å². The van der Waals surface area contributed by atoms with Crippen LogP contribution in [0.1, 0.15) is 13.3 Å². The molecule has 10 heteroatoms. The fraction of sp³-hybridized carbons (Fsp3) is 0.789. The van der Waals surface area contributed by atoms with E-state index in [1.807, 2.05) is 11.8 Å². The van der Waals surface area contributed by atoms with Crippen LogP contribution in [0.4, 0.5) is 4.79 Å². The molecule has 0 aromatic rings. The monoisotopic (exact) mass is 429 g/mol. The van der Waals surface area contributed by atoms with Crippen molar-refractivity contribution >= 4 is 23.6 Å². The number of β-amino-alcohol motifs (C(OH)–C–C–N with tert-alkyl or cyclic N) is 1. The Kier molecular flexibility index (Phi) is 5.92. The molecule has 162 valence electrons. The minimum Gasteiger partial charge on any atom is -0.461 e. The third-order valence-corrected chi connectivity index (χ3v) is 6.66. The average Bonchev–Trinajstić information content (AvgIpc) is 3.27. The smallest absolute Gasteiger partial charge is 0.410 e. The molecule has 0 aromatic carbocycles. The van der Waals surface area contributed by atoms with E-state index in [2.05, 4.69) is 10.2 Å². The Hall–Kier alpha value is -1.55. The second-order valence-electron chi connectivity index (χ2n) is 8.11. The Bertz CT molecular complexity index is 683. The van der Waals surface area contributed by atoms with Crippen LogP contribution in [-0.4, -0.2) is 96.7 Å². The van der Waals surface area contributed by atoms with E-state index in [0.29, 0.717) is 37.6 Å². The number of nitrogens with one attached hydrogen (secondary N) is 1. The van der Waals surface area contributed by atoms with Gasteiger partial charge in [-0.2, -0.15) is 0 Å². The molecular weight excluding hydrogens is 402 g/mol. The average molecular weight is 430 g/mol. The number of fused-ring (bicyclic) bond motifs is 3. The number of amides is 2. The standard InChI is InChI=1S/C19H28ClN3O6/c1-19-14(29-19)10-12-13(16(25)23-6-4-22(5-7-23)8-9-24)11-27-17(15(12)19)28-18(26)21-3-2-20/h11-12,14-15,17,24H,2-10H2,1H3,(H,21,26)/t12?,14?,15?,17?,19-/m0/s1. The van der Waals surface area contributed by atoms with Crippen LogP contribution in [0.5, 0.6) is 0 Å². The summed E-state index contributed by atoms with van der Waals surface area (Å²) in [4.78, 5) is 29.2. The fourth-order valence-electron chi connectivity index (χ4n) is 4.82. The Balaban J connectivity index is 1.44. The van der Waals surface area contributed by atoms with Gasteiger partial charge in [-0.05, 0) is 13.3 Å². The molecule has 29 heavy (non-hydrogen) atoms. The summed E-state index contributed by atoms with van der Waals surface area (Å²) in [5.41, 5.74) is 0.186. The molecule has 4 rings (SSSR count). The summed E-state index contributed by atoms with van der Waals surface area (Å²) in [6.45, 7) is 5.75. The van der Waals surface area contributed by atoms with Gasteiger partial charge in [-0.25, -0.2) is 4.79 Å². The number of alkyl halides is 1. The van der Waals surface area contributed by atoms with Crippen molar-refractivity contribution in [2.45, 2.75) is 31.3 Å². The van der Waals surface area contributed by atoms with Gasteiger partial charge in [0, 0.05) is 51.1 Å². The van der Waals surface area contributed by atoms with Crippen molar-refractivity contribution in [1.82, 2.24) is 15.1 Å². The van der Waals surface area contributed by atoms with E-state index >= 15 is 0 Å². The molecule has 0 aromatic heterocycles. The second-order valence-corrected chi connectivity index (χ2v) is 8.49. The highest BCUT2D eigenvalue weighted by Crippen LogP contribution is 2.61. The van der Waals surface area contributed by atoms with Gasteiger partial charge in [0.15, 0.2) is 0 Å². The van der Waals surface area contributed by atoms with E-state index in [9.17, 15) is 9.59 Å². The molecule has 1 saturated carbocycles. The Morgan fingerprint density at radius 3 is 2.83 bits per heavy atom. The molecule has 3 heterocycles. The van der Waals surface area contributed by atoms with Gasteiger partial charge in [-0.3, -0.25) is 9.69 Å². The molecule has 0 spiro atoms. The molecule has 4 aliphatic rings. The quantitative estimate of drug-likeness (QED) is 0.456. The highest BCUT2D eigenvalue weighted by atomic mass is 35.5. The summed E-state index contributed by atoms with van der Waals surface area (Å²) < 4.78 is 17.0. The molecule has 3 aliphatic heterocycles. The summed E-state index contributed by atoms with van der Waals surface area (Å²) in [6, 6.07) is 0. The molecule has 0 bridgehead atoms. The SMILES string of the molecule is C[C@]12OC1CC1C(C(=O)N3CCN(CCO)CC3)=COC(OC(=O)NCCCl)C12. The van der Waals surface area contributed by atoms with E-state index in [4.69, 9.17) is 30.9 Å². The third-order valence-electron chi connectivity index (χ3n) is 6.47. The van der Waals surface area contributed by atoms with Crippen LogP contribution in [0.15, 0.2) is 11.8 Å². The number of alkyl carbamates (subject to hydrolysis) is 1. The fourth-order valence-corrected chi connectivity index (χ4v) is 4.92. The Morgan fingerprint density at radius 2 is 2.14 bits per heavy atom. The maximum Gasteiger partial charge on any atom is 0.410 e. The van der Waals surface area contributed by atoms with E-state index in [-0.39, 0.29) is 30.5 Å². The first-order chi connectivity index (χ1) is 14.0. The van der Waals surface area contributed by atoms with Crippen LogP contribution in [0.25, 0.3) is 0 Å². The number of nitrogens with zero attached hydrogens (tertiary/aromatic N) is 2. The molecule has 9 nitrogen and oxygen atoms in total. The maximum atomic E-state index is 13.2. The van der Waals surface area contributed by atoms with Crippen LogP contribution in [-0.2, 0) is 19.0 Å². The van der Waals surface area contributed by atoms with Gasteiger partial charge in [-0.1, -0.05) is 0 Å². The van der Waals surface area contributed by atoms with Crippen molar-refractivity contribution in [3.8, 4) is 0 Å². The number of aliphatic hydroxyl groups excluding tert-OH is 1. The Labute approximate surface area is 174 Å². The van der Waals surface area contributed by atoms with Crippen molar-refractivity contribution in [2.24, 2.45) is 11.8 Å². The minimum absolute atomic E-state index is 0.0291. The summed E-state index contributed by atoms with van der Waals surface area (Å²) in [7, 11) is 0. The largest absolute Gasteiger partial charge is 0.461 e. The van der Waals surface area contributed by atoms with Gasteiger partial charge in [0.2, 0.25) is 0 Å². The van der Waals surface area contributed by atoms with Crippen molar-refractivity contribution < 1.29 is 28.9 Å². The number of ether oxygens (including phenoxy) is 3. The topological polar surface area (TPSA) is 104 Å². The predicted octanol–water partition coefficient (Wildman–Crippen LogP) is 0.122. The minimum atomic E-state index is -0.800. The lowest BCUT2D eigenvalue weighted by Crippen LogP contribution is -2.51. The van der Waals surface area contributed by atoms with E-state index in [1.165, 1.54) is 6.26 Å². The van der Waals surface area contributed by atoms with Crippen LogP contribution in [0.2, 0.25) is 0 Å². The van der Waals surface area contributed by atoms with Crippen molar-refractivity contribution in [3.05, 3.63) is 11.8 Å². The zero-order chi connectivity index (χ0) is 20.6. The lowest BCUT2D eigenvalue weighted by Gasteiger charge is -2.39. The molecule has 4 unspecified atom stereocenters. The highest BCUT2D eigenvalue weighted by Gasteiger charge is 2.71. The number of epoxide rings is 1. The zero-order valence-electron chi connectivity index (χ0n) is 16.5. The number of aliphatic hydroxyl groups is 1. The zero-order valence-corrected chi connectivity index (χ0v) is 17.3. The predicted molar refractivity (Wildman–Crippen MR) is 103 cm³/mol.